The summed E-state index contributed by atoms with van der Waals surface area (Å²) in [6, 6.07) is 6.51. The number of rotatable bonds is 3. The number of benzene rings is 1. The molecule has 1 aliphatic carbocycles. The van der Waals surface area contributed by atoms with Gasteiger partial charge in [-0.05, 0) is 43.4 Å². The van der Waals surface area contributed by atoms with Crippen LogP contribution in [0.3, 0.4) is 0 Å². The molecule has 4 heteroatoms. The van der Waals surface area contributed by atoms with Crippen LogP contribution >= 0.6 is 0 Å². The number of anilines is 1. The second-order valence-corrected chi connectivity index (χ2v) is 6.03. The van der Waals surface area contributed by atoms with Gasteiger partial charge < -0.3 is 15.0 Å². The molecule has 1 aliphatic heterocycles. The molecule has 1 saturated heterocycles. The van der Waals surface area contributed by atoms with E-state index in [1.807, 2.05) is 12.1 Å². The molecule has 4 nitrogen and oxygen atoms in total. The van der Waals surface area contributed by atoms with Crippen LogP contribution in [0.4, 0.5) is 5.69 Å². The van der Waals surface area contributed by atoms with Gasteiger partial charge in [-0.1, -0.05) is 6.92 Å². The third-order valence-electron chi connectivity index (χ3n) is 4.62. The highest BCUT2D eigenvalue weighted by Crippen LogP contribution is 2.44. The summed E-state index contributed by atoms with van der Waals surface area (Å²) in [5, 5.41) is 0. The van der Waals surface area contributed by atoms with Crippen LogP contribution in [-0.4, -0.2) is 22.3 Å². The molecule has 0 bridgehead atoms. The first-order chi connectivity index (χ1) is 9.78. The lowest BCUT2D eigenvalue weighted by molar-refractivity contribution is 0.0753. The van der Waals surface area contributed by atoms with Gasteiger partial charge in [0.1, 0.15) is 5.82 Å². The van der Waals surface area contributed by atoms with Gasteiger partial charge in [-0.2, -0.15) is 0 Å². The second-order valence-electron chi connectivity index (χ2n) is 6.03. The fraction of sp³-hybridized carbons (Fsp3) is 0.562. The van der Waals surface area contributed by atoms with E-state index in [-0.39, 0.29) is 0 Å². The van der Waals surface area contributed by atoms with Gasteiger partial charge in [0, 0.05) is 18.7 Å². The molecule has 106 valence electrons. The lowest BCUT2D eigenvalue weighted by Gasteiger charge is -2.22. The van der Waals surface area contributed by atoms with Crippen LogP contribution in [0.1, 0.15) is 38.1 Å². The number of nitrogen functional groups attached to an aromatic ring is 1. The molecule has 2 heterocycles. The van der Waals surface area contributed by atoms with Crippen molar-refractivity contribution in [3.8, 4) is 0 Å². The maximum atomic E-state index is 6.01. The number of imidazole rings is 1. The number of hydrogen-bond acceptors (Lipinski definition) is 3. The summed E-state index contributed by atoms with van der Waals surface area (Å²) in [4.78, 5) is 4.78. The molecular formula is C16H21N3O. The average molecular weight is 271 g/mol. The van der Waals surface area contributed by atoms with Crippen LogP contribution in [-0.2, 0) is 11.2 Å². The molecule has 20 heavy (non-hydrogen) atoms. The number of nitrogens with zero attached hydrogens (tertiary/aromatic N) is 2. The van der Waals surface area contributed by atoms with E-state index in [2.05, 4.69) is 17.6 Å². The molecule has 2 aromatic rings. The van der Waals surface area contributed by atoms with Gasteiger partial charge >= 0.3 is 0 Å². The zero-order valence-electron chi connectivity index (χ0n) is 11.9. The summed E-state index contributed by atoms with van der Waals surface area (Å²) in [7, 11) is 0. The average Bonchev–Trinajstić information content (AvgIpc) is 3.07. The number of aryl methyl sites for hydroxylation is 1. The molecule has 1 aromatic heterocycles. The first kappa shape index (κ1) is 12.2. The summed E-state index contributed by atoms with van der Waals surface area (Å²) in [5.74, 6) is 1.92. The maximum Gasteiger partial charge on any atom is 0.109 e. The van der Waals surface area contributed by atoms with Crippen molar-refractivity contribution >= 4 is 16.7 Å². The topological polar surface area (TPSA) is 53.1 Å². The Morgan fingerprint density at radius 3 is 2.95 bits per heavy atom. The quantitative estimate of drug-likeness (QED) is 0.873. The van der Waals surface area contributed by atoms with Crippen molar-refractivity contribution in [3.63, 3.8) is 0 Å². The van der Waals surface area contributed by atoms with Gasteiger partial charge in [-0.25, -0.2) is 4.98 Å². The van der Waals surface area contributed by atoms with Crippen LogP contribution < -0.4 is 5.73 Å². The van der Waals surface area contributed by atoms with E-state index in [1.165, 1.54) is 18.4 Å². The minimum Gasteiger partial charge on any atom is -0.399 e. The standard InChI is InChI=1S/C16H21N3O/c1-2-15-18-12-9-11(17)5-6-13(12)19(15)14-7-8-20-16(14)10-3-4-10/h5-6,9-10,14,16H,2-4,7-8,17H2,1H3. The molecule has 2 N–H and O–H groups in total. The molecular weight excluding hydrogens is 250 g/mol. The molecule has 4 rings (SSSR count). The molecule has 2 fully saturated rings. The van der Waals surface area contributed by atoms with E-state index >= 15 is 0 Å². The van der Waals surface area contributed by atoms with Crippen molar-refractivity contribution in [1.82, 2.24) is 9.55 Å². The van der Waals surface area contributed by atoms with Gasteiger partial charge in [0.2, 0.25) is 0 Å². The highest BCUT2D eigenvalue weighted by molar-refractivity contribution is 5.80. The fourth-order valence-electron chi connectivity index (χ4n) is 3.54. The Morgan fingerprint density at radius 1 is 1.35 bits per heavy atom. The SMILES string of the molecule is CCc1nc2cc(N)ccc2n1C1CCOC1C1CC1. The first-order valence-electron chi connectivity index (χ1n) is 7.66. The smallest absolute Gasteiger partial charge is 0.109 e. The monoisotopic (exact) mass is 271 g/mol. The summed E-state index contributed by atoms with van der Waals surface area (Å²) in [6.45, 7) is 3.05. The van der Waals surface area contributed by atoms with Crippen molar-refractivity contribution in [2.75, 3.05) is 12.3 Å². The highest BCUT2D eigenvalue weighted by Gasteiger charge is 2.42. The largest absolute Gasteiger partial charge is 0.399 e. The lowest BCUT2D eigenvalue weighted by atomic mass is 10.1. The van der Waals surface area contributed by atoms with Crippen LogP contribution in [0.25, 0.3) is 11.0 Å². The zero-order valence-corrected chi connectivity index (χ0v) is 11.9. The number of hydrogen-bond donors (Lipinski definition) is 1. The van der Waals surface area contributed by atoms with Gasteiger partial charge in [0.15, 0.2) is 0 Å². The summed E-state index contributed by atoms with van der Waals surface area (Å²) in [6.07, 6.45) is 5.08. The summed E-state index contributed by atoms with van der Waals surface area (Å²) < 4.78 is 8.43. The predicted molar refractivity (Wildman–Crippen MR) is 79.6 cm³/mol. The van der Waals surface area contributed by atoms with Crippen molar-refractivity contribution in [2.45, 2.75) is 44.8 Å². The van der Waals surface area contributed by atoms with E-state index in [0.29, 0.717) is 12.1 Å². The Balaban J connectivity index is 1.84. The van der Waals surface area contributed by atoms with E-state index in [1.54, 1.807) is 0 Å². The number of aromatic nitrogens is 2. The summed E-state index contributed by atoms with van der Waals surface area (Å²) >= 11 is 0. The number of nitrogens with two attached hydrogens (primary N) is 1. The van der Waals surface area contributed by atoms with Gasteiger partial charge in [-0.15, -0.1) is 0 Å². The van der Waals surface area contributed by atoms with Crippen LogP contribution in [0, 0.1) is 5.92 Å². The molecule has 2 unspecified atom stereocenters. The number of fused-ring (bicyclic) bond motifs is 1. The Bertz CT molecular complexity index is 644. The first-order valence-corrected chi connectivity index (χ1v) is 7.66. The van der Waals surface area contributed by atoms with E-state index in [4.69, 9.17) is 15.5 Å². The van der Waals surface area contributed by atoms with Crippen molar-refractivity contribution in [2.24, 2.45) is 5.92 Å². The molecule has 2 aliphatic rings. The van der Waals surface area contributed by atoms with Crippen LogP contribution in [0.5, 0.6) is 0 Å². The molecule has 0 radical (unpaired) electrons. The Kier molecular flexibility index (Phi) is 2.74. The van der Waals surface area contributed by atoms with E-state index < -0.39 is 0 Å². The third-order valence-corrected chi connectivity index (χ3v) is 4.62. The van der Waals surface area contributed by atoms with Crippen LogP contribution in [0.2, 0.25) is 0 Å². The Labute approximate surface area is 118 Å². The Morgan fingerprint density at radius 2 is 2.20 bits per heavy atom. The highest BCUT2D eigenvalue weighted by atomic mass is 16.5. The van der Waals surface area contributed by atoms with Crippen molar-refractivity contribution < 1.29 is 4.74 Å². The van der Waals surface area contributed by atoms with Gasteiger partial charge in [0.05, 0.1) is 23.2 Å². The minimum absolute atomic E-state index is 0.384. The normalized spacial score (nSPS) is 26.4. The van der Waals surface area contributed by atoms with E-state index in [9.17, 15) is 0 Å². The third kappa shape index (κ3) is 1.82. The molecule has 1 aromatic carbocycles. The lowest BCUT2D eigenvalue weighted by Crippen LogP contribution is -2.23. The predicted octanol–water partition coefficient (Wildman–Crippen LogP) is 2.92. The summed E-state index contributed by atoms with van der Waals surface area (Å²) in [5.41, 5.74) is 8.90. The fourth-order valence-corrected chi connectivity index (χ4v) is 3.54. The van der Waals surface area contributed by atoms with Gasteiger partial charge in [0.25, 0.3) is 0 Å². The second kappa shape index (κ2) is 4.48. The zero-order chi connectivity index (χ0) is 13.7. The van der Waals surface area contributed by atoms with Gasteiger partial charge in [-0.3, -0.25) is 0 Å². The van der Waals surface area contributed by atoms with Crippen molar-refractivity contribution in [1.29, 1.82) is 0 Å². The molecule has 0 spiro atoms. The maximum absolute atomic E-state index is 6.01. The molecule has 2 atom stereocenters. The Hall–Kier alpha value is -1.55. The van der Waals surface area contributed by atoms with Crippen LogP contribution in [0.15, 0.2) is 18.2 Å². The minimum atomic E-state index is 0.384. The van der Waals surface area contributed by atoms with E-state index in [0.717, 1.165) is 42.4 Å². The molecule has 0 amide bonds. The molecule has 1 saturated carbocycles. The van der Waals surface area contributed by atoms with Crippen molar-refractivity contribution in [3.05, 3.63) is 24.0 Å². The number of ether oxygens (including phenoxy) is 1.